The molecule has 1 aliphatic carbocycles. The maximum atomic E-state index is 14.4. The first-order chi connectivity index (χ1) is 13.4. The minimum Gasteiger partial charge on any atom is -0.459 e. The summed E-state index contributed by atoms with van der Waals surface area (Å²) in [6.45, 7) is 1.91. The zero-order chi connectivity index (χ0) is 19.7. The maximum absolute atomic E-state index is 14.4. The molecule has 0 saturated carbocycles. The summed E-state index contributed by atoms with van der Waals surface area (Å²) in [4.78, 5) is 20.2. The van der Waals surface area contributed by atoms with Crippen LogP contribution in [0.1, 0.15) is 34.7 Å². The number of carbonyl (C=O) groups excluding carboxylic acids is 1. The van der Waals surface area contributed by atoms with Gasteiger partial charge in [0, 0.05) is 22.9 Å². The van der Waals surface area contributed by atoms with Crippen LogP contribution in [0.2, 0.25) is 10.2 Å². The number of amides is 1. The van der Waals surface area contributed by atoms with Crippen LogP contribution in [-0.2, 0) is 0 Å². The first kappa shape index (κ1) is 17.3. The number of furan rings is 1. The Hall–Kier alpha value is -2.77. The van der Waals surface area contributed by atoms with E-state index in [9.17, 15) is 13.6 Å². The molecule has 0 spiro atoms. The Morgan fingerprint density at radius 3 is 2.82 bits per heavy atom. The van der Waals surface area contributed by atoms with E-state index < -0.39 is 17.7 Å². The van der Waals surface area contributed by atoms with Crippen molar-refractivity contribution in [2.45, 2.75) is 12.8 Å². The summed E-state index contributed by atoms with van der Waals surface area (Å²) < 4.78 is 33.9. The van der Waals surface area contributed by atoms with Gasteiger partial charge in [-0.1, -0.05) is 28.8 Å². The number of halogens is 4. The minimum atomic E-state index is -1.24. The van der Waals surface area contributed by atoms with Gasteiger partial charge in [0.15, 0.2) is 5.82 Å². The van der Waals surface area contributed by atoms with Gasteiger partial charge in [0.2, 0.25) is 5.95 Å². The number of rotatable bonds is 3. The lowest BCUT2D eigenvalue weighted by Gasteiger charge is -2.11. The summed E-state index contributed by atoms with van der Waals surface area (Å²) in [5, 5.41) is 2.92. The summed E-state index contributed by atoms with van der Waals surface area (Å²) in [5.74, 6) is -2.21. The molecule has 0 aromatic carbocycles. The number of carbonyl (C=O) groups is 1. The summed E-state index contributed by atoms with van der Waals surface area (Å²) in [6.07, 6.45) is 2.49. The predicted molar refractivity (Wildman–Crippen MR) is 99.4 cm³/mol. The lowest BCUT2D eigenvalue weighted by atomic mass is 9.92. The number of hydrogen-bond donors (Lipinski definition) is 1. The Bertz CT molecular complexity index is 1240. The Labute approximate surface area is 167 Å². The molecular formula is C19H9Cl2F2N3O2. The molecule has 0 radical (unpaired) electrons. The van der Waals surface area contributed by atoms with E-state index in [1.807, 2.05) is 6.92 Å². The fourth-order valence-electron chi connectivity index (χ4n) is 3.59. The SMILES string of the molecule is CC1=C2c3oc(c(-c4ccnc(F)c4F)c3C(=O)Nc3cnc(Cl)c(Cl)c3)[C@@H]12. The van der Waals surface area contributed by atoms with Crippen LogP contribution < -0.4 is 5.32 Å². The van der Waals surface area contributed by atoms with Crippen molar-refractivity contribution in [3.05, 3.63) is 69.1 Å². The lowest BCUT2D eigenvalue weighted by molar-refractivity contribution is 0.102. The topological polar surface area (TPSA) is 68.0 Å². The Morgan fingerprint density at radius 2 is 2.07 bits per heavy atom. The Balaban J connectivity index is 1.63. The summed E-state index contributed by atoms with van der Waals surface area (Å²) in [6, 6.07) is 2.76. The normalized spacial score (nSPS) is 16.4. The molecule has 28 heavy (non-hydrogen) atoms. The van der Waals surface area contributed by atoms with Gasteiger partial charge in [0.1, 0.15) is 16.7 Å². The molecule has 0 saturated heterocycles. The third-order valence-corrected chi connectivity index (χ3v) is 5.59. The van der Waals surface area contributed by atoms with Crippen LogP contribution in [0.4, 0.5) is 14.5 Å². The molecule has 1 atom stereocenters. The van der Waals surface area contributed by atoms with E-state index in [1.165, 1.54) is 18.3 Å². The smallest absolute Gasteiger partial charge is 0.260 e. The molecule has 1 aliphatic heterocycles. The van der Waals surface area contributed by atoms with Gasteiger partial charge in [-0.25, -0.2) is 14.4 Å². The zero-order valence-corrected chi connectivity index (χ0v) is 15.6. The van der Waals surface area contributed by atoms with Gasteiger partial charge in [-0.2, -0.15) is 4.39 Å². The lowest BCUT2D eigenvalue weighted by Crippen LogP contribution is -2.15. The fraction of sp³-hybridized carbons (Fsp3) is 0.105. The van der Waals surface area contributed by atoms with E-state index in [4.69, 9.17) is 27.6 Å². The fourth-order valence-corrected chi connectivity index (χ4v) is 3.86. The number of aromatic nitrogens is 2. The highest BCUT2D eigenvalue weighted by Crippen LogP contribution is 2.64. The number of allylic oxidation sites excluding steroid dienone is 2. The second kappa shape index (κ2) is 5.86. The van der Waals surface area contributed by atoms with Gasteiger partial charge in [-0.05, 0) is 19.1 Å². The standard InChI is InChI=1S/C19H9Cl2F2N3O2/c1-6-10-11(6)16-13(19(27)26-7-4-9(20)17(21)25-5-7)12(15(10)28-16)8-2-3-24-18(23)14(8)22/h2-5,10H,1H3,(H,26,27)/t10-/m0/s1. The molecule has 5 nitrogen and oxygen atoms in total. The largest absolute Gasteiger partial charge is 0.459 e. The number of nitrogens with zero attached hydrogens (tertiary/aromatic N) is 2. The number of hydrogen-bond acceptors (Lipinski definition) is 4. The van der Waals surface area contributed by atoms with Crippen molar-refractivity contribution in [1.29, 1.82) is 0 Å². The number of nitrogens with one attached hydrogen (secondary N) is 1. The maximum Gasteiger partial charge on any atom is 0.260 e. The van der Waals surface area contributed by atoms with Gasteiger partial charge < -0.3 is 9.73 Å². The Kier molecular flexibility index (Phi) is 3.63. The molecule has 4 heterocycles. The molecule has 3 aromatic rings. The van der Waals surface area contributed by atoms with E-state index in [2.05, 4.69) is 15.3 Å². The van der Waals surface area contributed by atoms with Crippen molar-refractivity contribution in [2.24, 2.45) is 0 Å². The van der Waals surface area contributed by atoms with Crippen molar-refractivity contribution in [3.63, 3.8) is 0 Å². The number of anilines is 1. The van der Waals surface area contributed by atoms with E-state index in [0.717, 1.165) is 17.3 Å². The third kappa shape index (κ3) is 2.33. The van der Waals surface area contributed by atoms with E-state index in [0.29, 0.717) is 17.2 Å². The Morgan fingerprint density at radius 1 is 1.29 bits per heavy atom. The van der Waals surface area contributed by atoms with Gasteiger partial charge in [-0.15, -0.1) is 0 Å². The molecule has 0 unspecified atom stereocenters. The minimum absolute atomic E-state index is 0.0753. The van der Waals surface area contributed by atoms with Crippen LogP contribution in [-0.4, -0.2) is 15.9 Å². The van der Waals surface area contributed by atoms with Crippen molar-refractivity contribution in [2.75, 3.05) is 5.32 Å². The van der Waals surface area contributed by atoms with Crippen LogP contribution in [0.3, 0.4) is 0 Å². The molecule has 1 amide bonds. The molecule has 5 rings (SSSR count). The van der Waals surface area contributed by atoms with Crippen LogP contribution >= 0.6 is 23.2 Å². The number of fused-ring (bicyclic) bond motifs is 5. The molecular weight excluding hydrogens is 411 g/mol. The zero-order valence-electron chi connectivity index (χ0n) is 14.1. The second-order valence-electron chi connectivity index (χ2n) is 6.49. The first-order valence-corrected chi connectivity index (χ1v) is 8.94. The van der Waals surface area contributed by atoms with Crippen molar-refractivity contribution in [3.8, 4) is 11.1 Å². The average molecular weight is 420 g/mol. The molecule has 0 fully saturated rings. The molecule has 3 aromatic heterocycles. The van der Waals surface area contributed by atoms with Crippen LogP contribution in [0.25, 0.3) is 16.7 Å². The highest BCUT2D eigenvalue weighted by atomic mass is 35.5. The van der Waals surface area contributed by atoms with E-state index in [1.54, 1.807) is 0 Å². The van der Waals surface area contributed by atoms with E-state index in [-0.39, 0.29) is 32.8 Å². The van der Waals surface area contributed by atoms with Gasteiger partial charge >= 0.3 is 0 Å². The molecule has 1 N–H and O–H groups in total. The first-order valence-electron chi connectivity index (χ1n) is 8.19. The molecule has 140 valence electrons. The van der Waals surface area contributed by atoms with Crippen molar-refractivity contribution in [1.82, 2.24) is 9.97 Å². The van der Waals surface area contributed by atoms with Crippen molar-refractivity contribution >= 4 is 40.4 Å². The highest BCUT2D eigenvalue weighted by Gasteiger charge is 2.52. The number of pyridine rings is 2. The van der Waals surface area contributed by atoms with Crippen LogP contribution in [0, 0.1) is 11.8 Å². The van der Waals surface area contributed by atoms with Crippen molar-refractivity contribution < 1.29 is 18.0 Å². The quantitative estimate of drug-likeness (QED) is 0.572. The molecule has 9 heteroatoms. The summed E-state index contributed by atoms with van der Waals surface area (Å²) in [5.41, 5.74) is 2.54. The highest BCUT2D eigenvalue weighted by molar-refractivity contribution is 6.41. The second-order valence-corrected chi connectivity index (χ2v) is 7.25. The summed E-state index contributed by atoms with van der Waals surface area (Å²) in [7, 11) is 0. The van der Waals surface area contributed by atoms with Crippen LogP contribution in [0.15, 0.2) is 34.5 Å². The van der Waals surface area contributed by atoms with E-state index >= 15 is 0 Å². The molecule has 2 aliphatic rings. The summed E-state index contributed by atoms with van der Waals surface area (Å²) >= 11 is 11.7. The molecule has 2 bridgehead atoms. The van der Waals surface area contributed by atoms with Gasteiger partial charge in [0.05, 0.1) is 28.4 Å². The average Bonchev–Trinajstić information content (AvgIpc) is 3.01. The third-order valence-electron chi connectivity index (χ3n) is 4.90. The van der Waals surface area contributed by atoms with Crippen LogP contribution in [0.5, 0.6) is 0 Å². The monoisotopic (exact) mass is 419 g/mol. The van der Waals surface area contributed by atoms with Gasteiger partial charge in [-0.3, -0.25) is 4.79 Å². The predicted octanol–water partition coefficient (Wildman–Crippen LogP) is 5.46. The van der Waals surface area contributed by atoms with Gasteiger partial charge in [0.25, 0.3) is 5.91 Å².